The van der Waals surface area contributed by atoms with E-state index in [0.29, 0.717) is 144 Å². The largest absolute Gasteiger partial charge is 0.469 e. The first-order valence-corrected chi connectivity index (χ1v) is 61.0. The average Bonchev–Trinajstić information content (AvgIpc) is 1.49. The minimum atomic E-state index is -0.958. The molecule has 24 nitrogen and oxygen atoms in total. The molecule has 24 heteroatoms. The van der Waals surface area contributed by atoms with Crippen LogP contribution in [0.4, 0.5) is 0 Å². The Labute approximate surface area is 885 Å². The predicted octanol–water partition coefficient (Wildman–Crippen LogP) is 22.4. The van der Waals surface area contributed by atoms with Gasteiger partial charge in [-0.05, 0) is 406 Å². The molecular formula is C124H192O24. The monoisotopic (exact) mass is 2070 g/mol. The predicted molar refractivity (Wildman–Crippen MR) is 552 cm³/mol. The van der Waals surface area contributed by atoms with E-state index in [1.54, 1.807) is 0 Å². The van der Waals surface area contributed by atoms with Gasteiger partial charge >= 0.3 is 23.9 Å². The minimum Gasteiger partial charge on any atom is -0.469 e. The van der Waals surface area contributed by atoms with Crippen LogP contribution in [0.15, 0.2) is 0 Å². The first kappa shape index (κ1) is 105. The molecule has 16 aliphatic carbocycles. The Hall–Kier alpha value is -2.76. The molecule has 50 atom stereocenters. The second-order valence-electron chi connectivity index (χ2n) is 61.0. The summed E-state index contributed by atoms with van der Waals surface area (Å²) in [6, 6.07) is 0. The zero-order valence-electron chi connectivity index (χ0n) is 95.3. The van der Waals surface area contributed by atoms with Gasteiger partial charge in [-0.1, -0.05) is 107 Å². The molecule has 0 aromatic carbocycles. The summed E-state index contributed by atoms with van der Waals surface area (Å²) >= 11 is 0. The highest BCUT2D eigenvalue weighted by molar-refractivity contribution is 5.74. The number of carbonyl (C=O) groups excluding carboxylic acids is 4. The number of methoxy groups -OCH3 is 2. The molecule has 32 fully saturated rings. The number of esters is 4. The highest BCUT2D eigenvalue weighted by atomic mass is 16.7. The van der Waals surface area contributed by atoms with Crippen LogP contribution in [0.1, 0.15) is 422 Å². The number of fused-ring (bicyclic) bond motifs is 16. The topological polar surface area (TPSA) is 306 Å². The van der Waals surface area contributed by atoms with E-state index >= 15 is 0 Å². The van der Waals surface area contributed by atoms with Gasteiger partial charge in [-0.25, -0.2) is 0 Å². The fraction of sp³-hybridized carbons (Fsp3) is 0.968. The Morgan fingerprint density at radius 2 is 0.547 bits per heavy atom. The maximum Gasteiger partial charge on any atom is 0.308 e. The Balaban J connectivity index is 0.0000000883. The molecule has 0 aromatic rings. The maximum atomic E-state index is 12.1. The van der Waals surface area contributed by atoms with E-state index in [4.69, 9.17) is 94.7 Å². The third-order valence-corrected chi connectivity index (χ3v) is 47.6. The second kappa shape index (κ2) is 35.9. The van der Waals surface area contributed by atoms with Gasteiger partial charge in [0, 0.05) is 13.8 Å². The molecule has 16 saturated carbocycles. The highest BCUT2D eigenvalue weighted by Gasteiger charge is 2.84. The normalized spacial score (nSPS) is 57.7. The maximum absolute atomic E-state index is 12.1. The highest BCUT2D eigenvalue weighted by Crippen LogP contribution is 2.73. The lowest BCUT2D eigenvalue weighted by Gasteiger charge is -2.50. The Bertz CT molecular complexity index is 4760. The third kappa shape index (κ3) is 18.9. The van der Waals surface area contributed by atoms with Gasteiger partial charge in [-0.2, -0.15) is 0 Å². The van der Waals surface area contributed by atoms with E-state index in [9.17, 15) is 19.2 Å². The number of epoxide rings is 16. The van der Waals surface area contributed by atoms with E-state index in [-0.39, 0.29) is 139 Å². The van der Waals surface area contributed by atoms with Crippen molar-refractivity contribution in [3.63, 3.8) is 0 Å². The van der Waals surface area contributed by atoms with Crippen LogP contribution in [0.5, 0.6) is 0 Å². The summed E-state index contributed by atoms with van der Waals surface area (Å²) in [6.45, 7) is 49.1. The van der Waals surface area contributed by atoms with Gasteiger partial charge in [0.25, 0.3) is 0 Å². The van der Waals surface area contributed by atoms with E-state index in [0.717, 1.165) is 111 Å². The molecule has 0 N–H and O–H groups in total. The first-order valence-electron chi connectivity index (χ1n) is 61.0. The van der Waals surface area contributed by atoms with Crippen molar-refractivity contribution < 1.29 is 114 Å². The molecule has 32 aliphatic rings. The van der Waals surface area contributed by atoms with Crippen molar-refractivity contribution in [2.24, 2.45) is 116 Å². The third-order valence-electron chi connectivity index (χ3n) is 47.6. The number of rotatable bonds is 12. The summed E-state index contributed by atoms with van der Waals surface area (Å²) in [6.07, 6.45) is 59.4. The first-order chi connectivity index (χ1) is 69.7. The van der Waals surface area contributed by atoms with Crippen LogP contribution in [-0.4, -0.2) is 239 Å². The van der Waals surface area contributed by atoms with E-state index in [2.05, 4.69) is 125 Å². The van der Waals surface area contributed by atoms with Crippen molar-refractivity contribution in [2.45, 2.75) is 622 Å². The molecule has 0 amide bonds. The summed E-state index contributed by atoms with van der Waals surface area (Å²) in [5.74, 6) is 8.41. The zero-order valence-corrected chi connectivity index (χ0v) is 95.3. The molecular weight excluding hydrogens is 1870 g/mol. The molecule has 0 radical (unpaired) electrons. The molecule has 148 heavy (non-hydrogen) atoms. The Morgan fingerprint density at radius 3 is 0.932 bits per heavy atom. The van der Waals surface area contributed by atoms with Crippen LogP contribution in [0, 0.1) is 116 Å². The molecule has 832 valence electrons. The number of hydrogen-bond acceptors (Lipinski definition) is 24. The summed E-state index contributed by atoms with van der Waals surface area (Å²) in [7, 11) is 2.88. The minimum absolute atomic E-state index is 0.111. The molecule has 0 bridgehead atoms. The molecule has 16 aliphatic heterocycles. The van der Waals surface area contributed by atoms with Gasteiger partial charge in [0.15, 0.2) is 11.2 Å². The van der Waals surface area contributed by atoms with Gasteiger partial charge in [-0.15, -0.1) is 0 Å². The summed E-state index contributed by atoms with van der Waals surface area (Å²) < 4.78 is 118. The number of carbonyl (C=O) groups is 4. The fourth-order valence-corrected chi connectivity index (χ4v) is 39.8. The van der Waals surface area contributed by atoms with E-state index in [1.807, 2.05) is 13.8 Å². The quantitative estimate of drug-likeness (QED) is 0.0995. The number of hydrogen-bond donors (Lipinski definition) is 0. The smallest absolute Gasteiger partial charge is 0.308 e. The summed E-state index contributed by atoms with van der Waals surface area (Å²) in [5, 5.41) is 0. The van der Waals surface area contributed by atoms with E-state index in [1.165, 1.54) is 234 Å². The fourth-order valence-electron chi connectivity index (χ4n) is 39.8. The molecule has 0 spiro atoms. The molecule has 50 unspecified atom stereocenters. The Kier molecular flexibility index (Phi) is 25.6. The number of ether oxygens (including phenoxy) is 20. The molecule has 16 saturated heterocycles. The van der Waals surface area contributed by atoms with Crippen molar-refractivity contribution in [1.29, 1.82) is 0 Å². The van der Waals surface area contributed by atoms with Crippen molar-refractivity contribution in [3.05, 3.63) is 0 Å². The van der Waals surface area contributed by atoms with Gasteiger partial charge in [-0.3, -0.25) is 19.2 Å². The summed E-state index contributed by atoms with van der Waals surface area (Å²) in [4.78, 5) is 48.1. The standard InChI is InChI=1S/2C18H26O6.C18H30O2.C16H26O2.3C14H22O2.C12H18O2/c1-17-11(5-9(15(19)21-3)7-13(17)23-17)12-6-10(16(20)22-4)8-14-18(12,2)24-14;1-11(19)21-17(9-5-7-15(3)13(17)23-15)18(22-12(2)20)10-6-8-16(4)14(18)24-16;1-15(2)7-11(13-17(5,9-15)19-13)12-8-16(3,4)10-18(6)14(12)20-18;1-15(2)5-9(13-11(7-15)17-13)10-6-16(3,4)8-12-14(10)18-12;1-13-8-4-5-9(12(13)16-13)10-6-3-7-11-14(10,2)15-11;1-13-7-3-5-9(11(13)15-13)10-6-4-8-14(2)12(10)16-14;1-13-9(5-3-7-11(13)15-13)10-6-4-8-12-14(10,2)16-12;1-3-7(11-9(5-1)13-11)8-4-2-6-10-12(8)14-10/h9-14H,5-8H2,1-4H3;13-14H,5-10H2,1-4H3;11-14H,7-10H2,1-6H3;9-14H,5-8H2,1-4H3;3*9-12H,3-8H2,1-2H3;7-12H,1-6H2. The lowest BCUT2D eigenvalue weighted by atomic mass is 9.58. The van der Waals surface area contributed by atoms with Gasteiger partial charge in [0.2, 0.25) is 0 Å². The second-order valence-corrected chi connectivity index (χ2v) is 61.0. The van der Waals surface area contributed by atoms with Gasteiger partial charge in [0.05, 0.1) is 203 Å². The van der Waals surface area contributed by atoms with Crippen molar-refractivity contribution in [2.75, 3.05) is 14.2 Å². The van der Waals surface area contributed by atoms with Crippen molar-refractivity contribution in [3.8, 4) is 0 Å². The molecule has 32 rings (SSSR count). The molecule has 0 aromatic heterocycles. The zero-order chi connectivity index (χ0) is 104. The van der Waals surface area contributed by atoms with Crippen LogP contribution in [-0.2, 0) is 114 Å². The van der Waals surface area contributed by atoms with Crippen LogP contribution >= 0.6 is 0 Å². The van der Waals surface area contributed by atoms with Crippen LogP contribution in [0.25, 0.3) is 0 Å². The SMILES string of the molecule is C1CC2OC2C(C2CCCC3OC32)C1.CC(=O)OC1(C2(OC(C)=O)CCCC3(C)OC32)CCCC2(C)OC21.CC1(C)CC(C2CC(C)(C)CC3(C)OC23)C2OC2(C)C1.CC1(C)CC2OC2C(C2CC(C)(C)CC3OC32)C1.CC12CCCC(C3CCCC4(C)OC34)C1O2.CC12CCCC(C3CCCC4OC43C)C1O2.CC12OC1CCCC2C1CCCC2OC21C.COC(=O)C1CC2OC2(C)C(C2CC(C(=O)OC)CC3OC32C)C1. The molecule has 16 heterocycles. The van der Waals surface area contributed by atoms with E-state index < -0.39 is 11.2 Å². The average molecular weight is 2070 g/mol. The van der Waals surface area contributed by atoms with Crippen molar-refractivity contribution in [1.82, 2.24) is 0 Å². The Morgan fingerprint density at radius 1 is 0.243 bits per heavy atom. The summed E-state index contributed by atoms with van der Waals surface area (Å²) in [5.41, 5.74) is 0.609. The lowest BCUT2D eigenvalue weighted by Crippen LogP contribution is -2.68. The van der Waals surface area contributed by atoms with Gasteiger partial charge in [0.1, 0.15) is 12.2 Å². The van der Waals surface area contributed by atoms with Crippen LogP contribution < -0.4 is 0 Å². The van der Waals surface area contributed by atoms with Crippen LogP contribution in [0.2, 0.25) is 0 Å². The van der Waals surface area contributed by atoms with Gasteiger partial charge < -0.3 is 94.7 Å². The lowest BCUT2D eigenvalue weighted by molar-refractivity contribution is -0.231. The van der Waals surface area contributed by atoms with Crippen LogP contribution in [0.3, 0.4) is 0 Å². The van der Waals surface area contributed by atoms with Crippen molar-refractivity contribution >= 4 is 23.9 Å².